The van der Waals surface area contributed by atoms with Crippen LogP contribution in [-0.4, -0.2) is 43.8 Å². The Kier molecular flexibility index (Phi) is 4.10. The van der Waals surface area contributed by atoms with Gasteiger partial charge < -0.3 is 9.88 Å². The molecule has 1 aliphatic heterocycles. The molecule has 1 fully saturated rings. The fourth-order valence-electron chi connectivity index (χ4n) is 2.37. The molecule has 2 aromatic rings. The molecule has 110 valence electrons. The van der Waals surface area contributed by atoms with E-state index in [1.807, 2.05) is 19.1 Å². The topological polar surface area (TPSA) is 69.2 Å². The van der Waals surface area contributed by atoms with Crippen LogP contribution in [-0.2, 0) is 0 Å². The van der Waals surface area contributed by atoms with Crippen molar-refractivity contribution in [1.29, 1.82) is 0 Å². The van der Waals surface area contributed by atoms with E-state index in [-0.39, 0.29) is 0 Å². The second kappa shape index (κ2) is 6.17. The van der Waals surface area contributed by atoms with Gasteiger partial charge in [-0.2, -0.15) is 5.10 Å². The molecule has 7 heteroatoms. The lowest BCUT2D eigenvalue weighted by Crippen LogP contribution is -2.41. The lowest BCUT2D eigenvalue weighted by atomic mass is 10.1. The normalized spacial score (nSPS) is 16.2. The second-order valence-corrected chi connectivity index (χ2v) is 5.51. The number of rotatable bonds is 2. The highest BCUT2D eigenvalue weighted by molar-refractivity contribution is 7.80. The third-order valence-corrected chi connectivity index (χ3v) is 3.91. The van der Waals surface area contributed by atoms with Crippen molar-refractivity contribution in [1.82, 2.24) is 25.3 Å². The van der Waals surface area contributed by atoms with E-state index in [1.165, 1.54) is 19.3 Å². The Morgan fingerprint density at radius 1 is 1.38 bits per heavy atom. The summed E-state index contributed by atoms with van der Waals surface area (Å²) in [6, 6.07) is 3.82. The van der Waals surface area contributed by atoms with E-state index >= 15 is 0 Å². The van der Waals surface area contributed by atoms with Gasteiger partial charge in [-0.05, 0) is 50.5 Å². The molecule has 1 saturated heterocycles. The minimum Gasteiger partial charge on any atom is -0.348 e. The summed E-state index contributed by atoms with van der Waals surface area (Å²) in [4.78, 5) is 14.0. The molecule has 0 aromatic carbocycles. The van der Waals surface area contributed by atoms with E-state index in [4.69, 9.17) is 12.2 Å². The van der Waals surface area contributed by atoms with Gasteiger partial charge >= 0.3 is 0 Å². The molecule has 21 heavy (non-hydrogen) atoms. The molecule has 2 aromatic heterocycles. The lowest BCUT2D eigenvalue weighted by molar-refractivity contribution is 0.338. The molecule has 0 bridgehead atoms. The molecule has 0 spiro atoms. The quantitative estimate of drug-likeness (QED) is 0.505. The zero-order valence-electron chi connectivity index (χ0n) is 12.0. The van der Waals surface area contributed by atoms with E-state index in [2.05, 4.69) is 30.4 Å². The summed E-state index contributed by atoms with van der Waals surface area (Å²) in [5.74, 6) is 0.706. The van der Waals surface area contributed by atoms with Gasteiger partial charge in [0.15, 0.2) is 16.6 Å². The van der Waals surface area contributed by atoms with Crippen LogP contribution in [0.4, 0.5) is 0 Å². The van der Waals surface area contributed by atoms with Gasteiger partial charge in [0, 0.05) is 19.3 Å². The highest BCUT2D eigenvalue weighted by Crippen LogP contribution is 2.09. The Bertz CT molecular complexity index is 638. The summed E-state index contributed by atoms with van der Waals surface area (Å²) in [5.41, 5.74) is 5.32. The summed E-state index contributed by atoms with van der Waals surface area (Å²) in [7, 11) is 0. The molecule has 0 radical (unpaired) electrons. The minimum absolute atomic E-state index is 0.684. The van der Waals surface area contributed by atoms with Crippen molar-refractivity contribution in [3.8, 4) is 0 Å². The summed E-state index contributed by atoms with van der Waals surface area (Å²) in [6.07, 6.45) is 5.40. The van der Waals surface area contributed by atoms with Crippen molar-refractivity contribution in [2.45, 2.75) is 26.2 Å². The van der Waals surface area contributed by atoms with Crippen LogP contribution in [0.5, 0.6) is 0 Å². The van der Waals surface area contributed by atoms with Gasteiger partial charge in [0.25, 0.3) is 0 Å². The molecule has 0 unspecified atom stereocenters. The number of H-pyrrole nitrogens is 1. The summed E-state index contributed by atoms with van der Waals surface area (Å²) >= 11 is 5.37. The van der Waals surface area contributed by atoms with Gasteiger partial charge in [-0.25, -0.2) is 9.97 Å². The molecule has 3 rings (SSSR count). The molecule has 0 aliphatic carbocycles. The first kappa shape index (κ1) is 13.9. The van der Waals surface area contributed by atoms with Crippen LogP contribution in [0.3, 0.4) is 0 Å². The number of nitrogens with one attached hydrogen (secondary N) is 2. The predicted molar refractivity (Wildman–Crippen MR) is 87.3 cm³/mol. The Balaban J connectivity index is 1.68. The number of hydrazone groups is 1. The van der Waals surface area contributed by atoms with E-state index in [0.29, 0.717) is 16.6 Å². The highest BCUT2D eigenvalue weighted by Gasteiger charge is 2.13. The number of nitrogens with zero attached hydrogens (tertiary/aromatic N) is 4. The van der Waals surface area contributed by atoms with Crippen LogP contribution in [0, 0.1) is 0 Å². The van der Waals surface area contributed by atoms with E-state index < -0.39 is 0 Å². The lowest BCUT2D eigenvalue weighted by Gasteiger charge is -2.28. The zero-order chi connectivity index (χ0) is 14.7. The van der Waals surface area contributed by atoms with Crippen LogP contribution in [0.1, 0.15) is 32.0 Å². The van der Waals surface area contributed by atoms with E-state index in [1.54, 1.807) is 6.20 Å². The Morgan fingerprint density at radius 2 is 2.19 bits per heavy atom. The van der Waals surface area contributed by atoms with Gasteiger partial charge in [0.05, 0.1) is 5.52 Å². The number of thiocarbonyl (C=S) groups is 1. The van der Waals surface area contributed by atoms with E-state index in [0.717, 1.165) is 24.3 Å². The van der Waals surface area contributed by atoms with Crippen molar-refractivity contribution in [2.75, 3.05) is 13.1 Å². The first-order valence-electron chi connectivity index (χ1n) is 7.14. The maximum absolute atomic E-state index is 5.37. The maximum atomic E-state index is 5.37. The number of piperidine rings is 1. The van der Waals surface area contributed by atoms with Crippen molar-refractivity contribution >= 4 is 34.2 Å². The molecule has 1 aliphatic rings. The Morgan fingerprint density at radius 3 is 2.95 bits per heavy atom. The number of likely N-dealkylation sites (tertiary alicyclic amines) is 1. The molecule has 0 atom stereocenters. The van der Waals surface area contributed by atoms with Gasteiger partial charge in [-0.3, -0.25) is 5.43 Å². The van der Waals surface area contributed by atoms with Crippen LogP contribution >= 0.6 is 12.2 Å². The van der Waals surface area contributed by atoms with Gasteiger partial charge in [0.2, 0.25) is 0 Å². The molecular formula is C14H18N6S. The largest absolute Gasteiger partial charge is 0.348 e. The summed E-state index contributed by atoms with van der Waals surface area (Å²) < 4.78 is 0. The molecule has 0 saturated carbocycles. The maximum Gasteiger partial charge on any atom is 0.189 e. The number of aromatic nitrogens is 3. The molecule has 6 nitrogen and oxygen atoms in total. The van der Waals surface area contributed by atoms with Crippen molar-refractivity contribution in [3.05, 3.63) is 24.2 Å². The monoisotopic (exact) mass is 302 g/mol. The average molecular weight is 302 g/mol. The molecular weight excluding hydrogens is 284 g/mol. The highest BCUT2D eigenvalue weighted by atomic mass is 32.1. The number of aromatic amines is 1. The first-order valence-corrected chi connectivity index (χ1v) is 7.55. The first-order chi connectivity index (χ1) is 10.2. The van der Waals surface area contributed by atoms with Crippen LogP contribution < -0.4 is 5.43 Å². The van der Waals surface area contributed by atoms with Crippen LogP contribution in [0.15, 0.2) is 23.4 Å². The number of hydrogen-bond acceptors (Lipinski definition) is 4. The van der Waals surface area contributed by atoms with Crippen molar-refractivity contribution in [2.24, 2.45) is 5.10 Å². The van der Waals surface area contributed by atoms with Crippen LogP contribution in [0.25, 0.3) is 11.2 Å². The van der Waals surface area contributed by atoms with Gasteiger partial charge in [0.1, 0.15) is 5.71 Å². The average Bonchev–Trinajstić information content (AvgIpc) is 2.97. The summed E-state index contributed by atoms with van der Waals surface area (Å²) in [6.45, 7) is 3.91. The fraction of sp³-hybridized carbons (Fsp3) is 0.429. The minimum atomic E-state index is 0.684. The van der Waals surface area contributed by atoms with Crippen LogP contribution in [0.2, 0.25) is 0 Å². The smallest absolute Gasteiger partial charge is 0.189 e. The standard InChI is InChI=1S/C14H18N6S/c1-10(12-16-11-6-5-7-15-13(11)17-12)18-19-14(21)20-8-3-2-4-9-20/h5-7H,2-4,8-9H2,1H3,(H,19,21)(H,15,16,17)/b18-10+. The van der Waals surface area contributed by atoms with Gasteiger partial charge in [-0.15, -0.1) is 0 Å². The third-order valence-electron chi connectivity index (χ3n) is 3.56. The van der Waals surface area contributed by atoms with Crippen molar-refractivity contribution in [3.63, 3.8) is 0 Å². The number of fused-ring (bicyclic) bond motifs is 1. The number of hydrogen-bond donors (Lipinski definition) is 2. The molecule has 2 N–H and O–H groups in total. The summed E-state index contributed by atoms with van der Waals surface area (Å²) in [5, 5.41) is 5.01. The van der Waals surface area contributed by atoms with Crippen molar-refractivity contribution < 1.29 is 0 Å². The number of imidazole rings is 1. The molecule has 0 amide bonds. The second-order valence-electron chi connectivity index (χ2n) is 5.12. The van der Waals surface area contributed by atoms with E-state index in [9.17, 15) is 0 Å². The Labute approximate surface area is 128 Å². The number of pyridine rings is 1. The Hall–Kier alpha value is -2.02. The van der Waals surface area contributed by atoms with Gasteiger partial charge in [-0.1, -0.05) is 0 Å². The SMILES string of the molecule is C/C(=N\NC(=S)N1CCCCC1)c1nc2ncccc2[nH]1. The fourth-order valence-corrected chi connectivity index (χ4v) is 2.60. The zero-order valence-corrected chi connectivity index (χ0v) is 12.8. The third kappa shape index (κ3) is 3.18. The predicted octanol–water partition coefficient (Wildman–Crippen LogP) is 2.04. The molecule has 3 heterocycles.